The lowest BCUT2D eigenvalue weighted by Crippen LogP contribution is -2.04. The predicted molar refractivity (Wildman–Crippen MR) is 77.9 cm³/mol. The van der Waals surface area contributed by atoms with Crippen LogP contribution in [-0.2, 0) is 0 Å². The van der Waals surface area contributed by atoms with Gasteiger partial charge in [-0.3, -0.25) is 4.79 Å². The summed E-state index contributed by atoms with van der Waals surface area (Å²) >= 11 is 6.02. The Balaban J connectivity index is 2.37. The lowest BCUT2D eigenvalue weighted by molar-refractivity contribution is 0.452. The SMILES string of the molecule is O=c1c(Cl)c(-c2ccc(O)cc2)oc2cc(O)cc(O)c12. The highest BCUT2D eigenvalue weighted by atomic mass is 35.5. The van der Waals surface area contributed by atoms with E-state index in [0.717, 1.165) is 6.07 Å². The zero-order valence-corrected chi connectivity index (χ0v) is 11.3. The molecule has 106 valence electrons. The van der Waals surface area contributed by atoms with E-state index >= 15 is 0 Å². The number of halogens is 1. The highest BCUT2D eigenvalue weighted by Crippen LogP contribution is 2.34. The van der Waals surface area contributed by atoms with Crippen molar-refractivity contribution in [1.29, 1.82) is 0 Å². The lowest BCUT2D eigenvalue weighted by Gasteiger charge is -2.07. The van der Waals surface area contributed by atoms with Gasteiger partial charge in [-0.25, -0.2) is 0 Å². The maximum atomic E-state index is 12.2. The first-order valence-corrected chi connectivity index (χ1v) is 6.33. The minimum atomic E-state index is -0.599. The van der Waals surface area contributed by atoms with Crippen molar-refractivity contribution >= 4 is 22.6 Å². The Morgan fingerprint density at radius 2 is 1.62 bits per heavy atom. The van der Waals surface area contributed by atoms with E-state index in [9.17, 15) is 20.1 Å². The molecule has 0 atom stereocenters. The summed E-state index contributed by atoms with van der Waals surface area (Å²) in [4.78, 5) is 12.2. The van der Waals surface area contributed by atoms with Gasteiger partial charge in [-0.05, 0) is 24.3 Å². The van der Waals surface area contributed by atoms with Crippen molar-refractivity contribution in [3.8, 4) is 28.6 Å². The van der Waals surface area contributed by atoms with Crippen LogP contribution >= 0.6 is 11.6 Å². The Labute approximate surface area is 123 Å². The molecule has 3 aromatic rings. The van der Waals surface area contributed by atoms with Crippen molar-refractivity contribution in [2.75, 3.05) is 0 Å². The first-order valence-electron chi connectivity index (χ1n) is 5.95. The number of aromatic hydroxyl groups is 3. The fourth-order valence-electron chi connectivity index (χ4n) is 2.06. The molecule has 2 aromatic carbocycles. The predicted octanol–water partition coefficient (Wildman–Crippen LogP) is 3.23. The molecule has 5 nitrogen and oxygen atoms in total. The van der Waals surface area contributed by atoms with Gasteiger partial charge in [0, 0.05) is 17.7 Å². The summed E-state index contributed by atoms with van der Waals surface area (Å²) in [6.07, 6.45) is 0. The van der Waals surface area contributed by atoms with Crippen molar-refractivity contribution in [2.45, 2.75) is 0 Å². The van der Waals surface area contributed by atoms with Crippen LogP contribution in [0.4, 0.5) is 0 Å². The third kappa shape index (κ3) is 2.17. The number of rotatable bonds is 1. The Kier molecular flexibility index (Phi) is 2.99. The quantitative estimate of drug-likeness (QED) is 0.642. The van der Waals surface area contributed by atoms with E-state index in [0.29, 0.717) is 5.56 Å². The maximum absolute atomic E-state index is 12.2. The van der Waals surface area contributed by atoms with Gasteiger partial charge >= 0.3 is 0 Å². The smallest absolute Gasteiger partial charge is 0.215 e. The highest BCUT2D eigenvalue weighted by Gasteiger charge is 2.17. The number of hydrogen-bond donors (Lipinski definition) is 3. The molecule has 0 fully saturated rings. The second-order valence-corrected chi connectivity index (χ2v) is 4.84. The molecule has 0 amide bonds. The van der Waals surface area contributed by atoms with Crippen molar-refractivity contribution in [1.82, 2.24) is 0 Å². The molecule has 0 bridgehead atoms. The first-order chi connectivity index (χ1) is 9.97. The highest BCUT2D eigenvalue weighted by molar-refractivity contribution is 6.33. The summed E-state index contributed by atoms with van der Waals surface area (Å²) in [5, 5.41) is 28.2. The number of hydrogen-bond acceptors (Lipinski definition) is 5. The lowest BCUT2D eigenvalue weighted by atomic mass is 10.1. The van der Waals surface area contributed by atoms with Gasteiger partial charge in [-0.15, -0.1) is 0 Å². The van der Waals surface area contributed by atoms with Crippen molar-refractivity contribution in [3.05, 3.63) is 51.6 Å². The zero-order valence-electron chi connectivity index (χ0n) is 10.5. The van der Waals surface area contributed by atoms with Crippen molar-refractivity contribution in [3.63, 3.8) is 0 Å². The van der Waals surface area contributed by atoms with Crippen LogP contribution in [0, 0.1) is 0 Å². The van der Waals surface area contributed by atoms with Crippen LogP contribution < -0.4 is 5.43 Å². The van der Waals surface area contributed by atoms with Gasteiger partial charge in [-0.2, -0.15) is 0 Å². The minimum Gasteiger partial charge on any atom is -0.508 e. The molecule has 1 aromatic heterocycles. The van der Waals surface area contributed by atoms with Gasteiger partial charge < -0.3 is 19.7 Å². The molecule has 21 heavy (non-hydrogen) atoms. The molecular weight excluding hydrogens is 296 g/mol. The summed E-state index contributed by atoms with van der Waals surface area (Å²) in [5.41, 5.74) is -0.0944. The van der Waals surface area contributed by atoms with Gasteiger partial charge in [-0.1, -0.05) is 11.6 Å². The first kappa shape index (κ1) is 13.3. The standard InChI is InChI=1S/C15H9ClO5/c16-13-14(20)12-10(19)5-9(18)6-11(12)21-15(13)7-1-3-8(17)4-2-7/h1-6,17-19H. The van der Waals surface area contributed by atoms with Gasteiger partial charge in [0.15, 0.2) is 5.76 Å². The van der Waals surface area contributed by atoms with Crippen LogP contribution in [0.25, 0.3) is 22.3 Å². The molecule has 0 aliphatic carbocycles. The summed E-state index contributed by atoms with van der Waals surface area (Å²) in [7, 11) is 0. The Hall–Kier alpha value is -2.66. The van der Waals surface area contributed by atoms with Crippen LogP contribution in [0.5, 0.6) is 17.2 Å². The molecule has 0 saturated carbocycles. The number of fused-ring (bicyclic) bond motifs is 1. The molecule has 0 spiro atoms. The molecule has 6 heteroatoms. The van der Waals surface area contributed by atoms with Crippen LogP contribution in [0.15, 0.2) is 45.6 Å². The molecule has 3 N–H and O–H groups in total. The average molecular weight is 305 g/mol. The number of phenolic OH excluding ortho intramolecular Hbond substituents is 3. The summed E-state index contributed by atoms with van der Waals surface area (Å²) in [6.45, 7) is 0. The zero-order chi connectivity index (χ0) is 15.1. The second kappa shape index (κ2) is 4.71. The van der Waals surface area contributed by atoms with Gasteiger partial charge in [0.2, 0.25) is 5.43 Å². The molecule has 1 heterocycles. The largest absolute Gasteiger partial charge is 0.508 e. The van der Waals surface area contributed by atoms with E-state index in [4.69, 9.17) is 16.0 Å². The van der Waals surface area contributed by atoms with Gasteiger partial charge in [0.25, 0.3) is 0 Å². The van der Waals surface area contributed by atoms with Crippen LogP contribution in [0.2, 0.25) is 5.02 Å². The van der Waals surface area contributed by atoms with E-state index in [1.54, 1.807) is 0 Å². The maximum Gasteiger partial charge on any atom is 0.215 e. The molecule has 0 saturated heterocycles. The second-order valence-electron chi connectivity index (χ2n) is 4.46. The van der Waals surface area contributed by atoms with E-state index in [1.165, 1.54) is 30.3 Å². The van der Waals surface area contributed by atoms with Crippen LogP contribution in [0.3, 0.4) is 0 Å². The van der Waals surface area contributed by atoms with E-state index in [-0.39, 0.29) is 33.3 Å². The fourth-order valence-corrected chi connectivity index (χ4v) is 2.30. The van der Waals surface area contributed by atoms with Crippen molar-refractivity contribution < 1.29 is 19.7 Å². The summed E-state index contributed by atoms with van der Waals surface area (Å²) in [6, 6.07) is 8.18. The van der Waals surface area contributed by atoms with Gasteiger partial charge in [0.1, 0.15) is 33.2 Å². The Bertz CT molecular complexity index is 897. The summed E-state index contributed by atoms with van der Waals surface area (Å²) < 4.78 is 5.53. The van der Waals surface area contributed by atoms with E-state index in [2.05, 4.69) is 0 Å². The van der Waals surface area contributed by atoms with Crippen LogP contribution in [0.1, 0.15) is 0 Å². The monoisotopic (exact) mass is 304 g/mol. The van der Waals surface area contributed by atoms with E-state index < -0.39 is 11.2 Å². The topological polar surface area (TPSA) is 90.9 Å². The normalized spacial score (nSPS) is 10.9. The molecule has 0 radical (unpaired) electrons. The molecule has 0 aliphatic rings. The Morgan fingerprint density at radius 1 is 0.952 bits per heavy atom. The van der Waals surface area contributed by atoms with Gasteiger partial charge in [0.05, 0.1) is 0 Å². The Morgan fingerprint density at radius 3 is 2.29 bits per heavy atom. The molecule has 3 rings (SSSR count). The molecule has 0 aliphatic heterocycles. The summed E-state index contributed by atoms with van der Waals surface area (Å²) in [5.74, 6) is -0.479. The molecular formula is C15H9ClO5. The van der Waals surface area contributed by atoms with E-state index in [1.807, 2.05) is 0 Å². The number of benzene rings is 2. The average Bonchev–Trinajstić information content (AvgIpc) is 2.43. The third-order valence-electron chi connectivity index (χ3n) is 3.03. The minimum absolute atomic E-state index is 0.0185. The molecule has 0 unspecified atom stereocenters. The third-order valence-corrected chi connectivity index (χ3v) is 3.38. The fraction of sp³-hybridized carbons (Fsp3) is 0. The number of phenols is 3. The van der Waals surface area contributed by atoms with Crippen molar-refractivity contribution in [2.24, 2.45) is 0 Å². The van der Waals surface area contributed by atoms with Crippen LogP contribution in [-0.4, -0.2) is 15.3 Å².